The van der Waals surface area contributed by atoms with Gasteiger partial charge in [0.1, 0.15) is 5.15 Å². The normalized spacial score (nSPS) is 16.2. The first-order valence-corrected chi connectivity index (χ1v) is 6.19. The van der Waals surface area contributed by atoms with Gasteiger partial charge in [0, 0.05) is 19.0 Å². The zero-order valence-corrected chi connectivity index (χ0v) is 10.8. The molecule has 0 bridgehead atoms. The van der Waals surface area contributed by atoms with Crippen LogP contribution in [0, 0.1) is 0 Å². The standard InChI is InChI=1S/C12H16ClN3O/c1-8(2)16-7-3-4-11(17)14-9-5-6-10(13)15-12(9)16/h5-6,8H,3-4,7H2,1-2H3,(H,14,17). The molecule has 1 N–H and O–H groups in total. The molecule has 0 radical (unpaired) electrons. The zero-order valence-electron chi connectivity index (χ0n) is 10.0. The number of carbonyl (C=O) groups excluding carboxylic acids is 1. The Hall–Kier alpha value is -1.29. The fraction of sp³-hybridized carbons (Fsp3) is 0.500. The highest BCUT2D eigenvalue weighted by molar-refractivity contribution is 6.29. The molecule has 92 valence electrons. The summed E-state index contributed by atoms with van der Waals surface area (Å²) in [6.45, 7) is 5.04. The highest BCUT2D eigenvalue weighted by Crippen LogP contribution is 2.29. The van der Waals surface area contributed by atoms with Crippen molar-refractivity contribution < 1.29 is 4.79 Å². The van der Waals surface area contributed by atoms with Gasteiger partial charge in [-0.2, -0.15) is 0 Å². The summed E-state index contributed by atoms with van der Waals surface area (Å²) in [7, 11) is 0. The summed E-state index contributed by atoms with van der Waals surface area (Å²) < 4.78 is 0. The van der Waals surface area contributed by atoms with Crippen LogP contribution in [0.15, 0.2) is 12.1 Å². The Balaban J connectivity index is 2.44. The first-order chi connectivity index (χ1) is 8.08. The maximum Gasteiger partial charge on any atom is 0.224 e. The van der Waals surface area contributed by atoms with E-state index in [9.17, 15) is 4.79 Å². The molecule has 1 aliphatic heterocycles. The minimum absolute atomic E-state index is 0.0405. The van der Waals surface area contributed by atoms with Gasteiger partial charge < -0.3 is 10.2 Å². The number of nitrogens with one attached hydrogen (secondary N) is 1. The van der Waals surface area contributed by atoms with Gasteiger partial charge in [0.2, 0.25) is 5.91 Å². The average Bonchev–Trinajstić information content (AvgIpc) is 2.24. The maximum atomic E-state index is 11.6. The van der Waals surface area contributed by atoms with Gasteiger partial charge >= 0.3 is 0 Å². The number of aromatic nitrogens is 1. The quantitative estimate of drug-likeness (QED) is 0.783. The molecule has 0 atom stereocenters. The second-order valence-electron chi connectivity index (χ2n) is 4.44. The highest BCUT2D eigenvalue weighted by Gasteiger charge is 2.20. The first-order valence-electron chi connectivity index (χ1n) is 5.81. The third kappa shape index (κ3) is 2.69. The topological polar surface area (TPSA) is 45.2 Å². The Bertz CT molecular complexity index is 434. The van der Waals surface area contributed by atoms with Gasteiger partial charge in [-0.15, -0.1) is 0 Å². The van der Waals surface area contributed by atoms with Crippen LogP contribution < -0.4 is 10.2 Å². The smallest absolute Gasteiger partial charge is 0.224 e. The van der Waals surface area contributed by atoms with Crippen molar-refractivity contribution in [1.82, 2.24) is 4.98 Å². The van der Waals surface area contributed by atoms with Crippen LogP contribution in [0.4, 0.5) is 11.5 Å². The number of carbonyl (C=O) groups is 1. The van der Waals surface area contributed by atoms with E-state index in [0.717, 1.165) is 24.5 Å². The molecule has 5 heteroatoms. The number of anilines is 2. The molecule has 0 saturated carbocycles. The number of rotatable bonds is 1. The van der Waals surface area contributed by atoms with Crippen molar-refractivity contribution in [1.29, 1.82) is 0 Å². The van der Waals surface area contributed by atoms with E-state index < -0.39 is 0 Å². The summed E-state index contributed by atoms with van der Waals surface area (Å²) in [6.07, 6.45) is 1.38. The Labute approximate surface area is 106 Å². The molecule has 2 rings (SSSR count). The van der Waals surface area contributed by atoms with Crippen molar-refractivity contribution >= 4 is 29.0 Å². The molecule has 1 amide bonds. The molecule has 0 aliphatic carbocycles. The summed E-state index contributed by atoms with van der Waals surface area (Å²) in [4.78, 5) is 18.1. The molecule has 4 nitrogen and oxygen atoms in total. The van der Waals surface area contributed by atoms with Crippen LogP contribution in [0.5, 0.6) is 0 Å². The van der Waals surface area contributed by atoms with E-state index in [0.29, 0.717) is 17.6 Å². The van der Waals surface area contributed by atoms with E-state index >= 15 is 0 Å². The molecule has 2 heterocycles. The van der Waals surface area contributed by atoms with Crippen molar-refractivity contribution in [2.75, 3.05) is 16.8 Å². The van der Waals surface area contributed by atoms with Gasteiger partial charge in [0.05, 0.1) is 5.69 Å². The predicted molar refractivity (Wildman–Crippen MR) is 69.6 cm³/mol. The van der Waals surface area contributed by atoms with Crippen molar-refractivity contribution in [2.24, 2.45) is 0 Å². The molecule has 1 aromatic heterocycles. The van der Waals surface area contributed by atoms with Crippen LogP contribution in [0.1, 0.15) is 26.7 Å². The number of halogens is 1. The molecular formula is C12H16ClN3O. The first kappa shape index (κ1) is 12.2. The van der Waals surface area contributed by atoms with Crippen LogP contribution in [0.2, 0.25) is 5.15 Å². The molecule has 1 aromatic rings. The summed E-state index contributed by atoms with van der Waals surface area (Å²) in [5.74, 6) is 0.805. The Morgan fingerprint density at radius 3 is 2.94 bits per heavy atom. The van der Waals surface area contributed by atoms with Gasteiger partial charge in [-0.05, 0) is 32.4 Å². The Morgan fingerprint density at radius 2 is 2.24 bits per heavy atom. The predicted octanol–water partition coefficient (Wildman–Crippen LogP) is 2.68. The monoisotopic (exact) mass is 253 g/mol. The Morgan fingerprint density at radius 1 is 1.47 bits per heavy atom. The van der Waals surface area contributed by atoms with Gasteiger partial charge in [-0.25, -0.2) is 4.98 Å². The second kappa shape index (κ2) is 4.92. The van der Waals surface area contributed by atoms with Crippen LogP contribution in [0.25, 0.3) is 0 Å². The summed E-state index contributed by atoms with van der Waals surface area (Å²) in [5, 5.41) is 3.32. The number of nitrogens with zero attached hydrogens (tertiary/aromatic N) is 2. The molecule has 0 unspecified atom stereocenters. The molecule has 17 heavy (non-hydrogen) atoms. The summed E-state index contributed by atoms with van der Waals surface area (Å²) in [6, 6.07) is 3.83. The van der Waals surface area contributed by atoms with Crippen molar-refractivity contribution in [3.05, 3.63) is 17.3 Å². The lowest BCUT2D eigenvalue weighted by molar-refractivity contribution is -0.116. The van der Waals surface area contributed by atoms with E-state index in [1.54, 1.807) is 6.07 Å². The number of amides is 1. The van der Waals surface area contributed by atoms with E-state index in [1.165, 1.54) is 0 Å². The van der Waals surface area contributed by atoms with E-state index in [2.05, 4.69) is 29.0 Å². The third-order valence-electron chi connectivity index (χ3n) is 2.81. The number of hydrogen-bond donors (Lipinski definition) is 1. The third-order valence-corrected chi connectivity index (χ3v) is 3.02. The van der Waals surface area contributed by atoms with Crippen LogP contribution in [0.3, 0.4) is 0 Å². The fourth-order valence-electron chi connectivity index (χ4n) is 1.97. The SMILES string of the molecule is CC(C)N1CCCC(=O)Nc2ccc(Cl)nc21. The van der Waals surface area contributed by atoms with Gasteiger partial charge in [-0.3, -0.25) is 4.79 Å². The minimum atomic E-state index is 0.0405. The minimum Gasteiger partial charge on any atom is -0.352 e. The number of hydrogen-bond acceptors (Lipinski definition) is 3. The fourth-order valence-corrected chi connectivity index (χ4v) is 2.12. The lowest BCUT2D eigenvalue weighted by Gasteiger charge is -2.31. The van der Waals surface area contributed by atoms with Crippen LogP contribution in [-0.4, -0.2) is 23.5 Å². The summed E-state index contributed by atoms with van der Waals surface area (Å²) in [5.41, 5.74) is 0.743. The lowest BCUT2D eigenvalue weighted by Crippen LogP contribution is -2.35. The van der Waals surface area contributed by atoms with Gasteiger partial charge in [0.25, 0.3) is 0 Å². The summed E-state index contributed by atoms with van der Waals surface area (Å²) >= 11 is 5.93. The van der Waals surface area contributed by atoms with E-state index in [-0.39, 0.29) is 5.91 Å². The second-order valence-corrected chi connectivity index (χ2v) is 4.83. The maximum absolute atomic E-state index is 11.6. The molecule has 0 saturated heterocycles. The zero-order chi connectivity index (χ0) is 12.4. The lowest BCUT2D eigenvalue weighted by atomic mass is 10.2. The van der Waals surface area contributed by atoms with Crippen LogP contribution in [-0.2, 0) is 4.79 Å². The van der Waals surface area contributed by atoms with E-state index in [1.807, 2.05) is 6.07 Å². The average molecular weight is 254 g/mol. The molecule has 0 fully saturated rings. The molecule has 1 aliphatic rings. The van der Waals surface area contributed by atoms with Crippen LogP contribution >= 0.6 is 11.6 Å². The van der Waals surface area contributed by atoms with Gasteiger partial charge in [-0.1, -0.05) is 11.6 Å². The Kier molecular flexibility index (Phi) is 3.52. The van der Waals surface area contributed by atoms with E-state index in [4.69, 9.17) is 11.6 Å². The number of pyridine rings is 1. The molecule has 0 aromatic carbocycles. The molecule has 0 spiro atoms. The highest BCUT2D eigenvalue weighted by atomic mass is 35.5. The van der Waals surface area contributed by atoms with Crippen molar-refractivity contribution in [2.45, 2.75) is 32.7 Å². The molecular weight excluding hydrogens is 238 g/mol. The van der Waals surface area contributed by atoms with Crippen molar-refractivity contribution in [3.63, 3.8) is 0 Å². The number of fused-ring (bicyclic) bond motifs is 1. The van der Waals surface area contributed by atoms with Gasteiger partial charge in [0.15, 0.2) is 5.82 Å². The largest absolute Gasteiger partial charge is 0.352 e. The van der Waals surface area contributed by atoms with Crippen molar-refractivity contribution in [3.8, 4) is 0 Å².